The highest BCUT2D eigenvalue weighted by atomic mass is 13.8. The Morgan fingerprint density at radius 3 is 1.50 bits per heavy atom. The molecule has 0 aromatic heterocycles. The molecule has 0 amide bonds. The minimum atomic E-state index is 0.648. The third-order valence-electron chi connectivity index (χ3n) is 1.05. The lowest BCUT2D eigenvalue weighted by molar-refractivity contribution is 0.835. The molecule has 10 heavy (non-hydrogen) atoms. The van der Waals surface area contributed by atoms with Gasteiger partial charge in [-0.25, -0.2) is 0 Å². The van der Waals surface area contributed by atoms with Gasteiger partial charge in [0.25, 0.3) is 0 Å². The highest BCUT2D eigenvalue weighted by Crippen LogP contribution is 1.87. The highest BCUT2D eigenvalue weighted by Gasteiger charge is 1.73. The van der Waals surface area contributed by atoms with Gasteiger partial charge in [-0.05, 0) is 26.7 Å². The van der Waals surface area contributed by atoms with Crippen molar-refractivity contribution in [3.05, 3.63) is 24.3 Å². The maximum atomic E-state index is 3.56. The standard InChI is InChI=1S/2C5H10/c2*1-4-5(2)3/h4H,1-3H3;4-5H,1H2,2-3H3. The fraction of sp³-hybridized carbons (Fsp3) is 0.600. The average molecular weight is 140 g/mol. The lowest BCUT2D eigenvalue weighted by Crippen LogP contribution is -1.71. The van der Waals surface area contributed by atoms with Crippen LogP contribution in [-0.4, -0.2) is 0 Å². The summed E-state index contributed by atoms with van der Waals surface area (Å²) in [5.74, 6) is 0.648. The van der Waals surface area contributed by atoms with E-state index in [1.807, 2.05) is 13.0 Å². The molecular weight excluding hydrogens is 120 g/mol. The molecule has 0 aromatic carbocycles. The molecule has 0 atom stereocenters. The summed E-state index contributed by atoms with van der Waals surface area (Å²) in [6.07, 6.45) is 4.00. The first-order valence-electron chi connectivity index (χ1n) is 3.76. The first kappa shape index (κ1) is 12.2. The summed E-state index contributed by atoms with van der Waals surface area (Å²) in [4.78, 5) is 0. The Kier molecular flexibility index (Phi) is 10.3. The van der Waals surface area contributed by atoms with E-state index in [9.17, 15) is 0 Å². The summed E-state index contributed by atoms with van der Waals surface area (Å²) >= 11 is 0. The normalized spacial score (nSPS) is 7.80. The van der Waals surface area contributed by atoms with Gasteiger partial charge >= 0.3 is 0 Å². The quantitative estimate of drug-likeness (QED) is 0.486. The van der Waals surface area contributed by atoms with Crippen molar-refractivity contribution in [3.8, 4) is 0 Å². The molecule has 0 heterocycles. The fourth-order valence-corrected chi connectivity index (χ4v) is 0. The van der Waals surface area contributed by atoms with Crippen LogP contribution in [0.25, 0.3) is 0 Å². The highest BCUT2D eigenvalue weighted by molar-refractivity contribution is 4.88. The molecule has 0 spiro atoms. The minimum Gasteiger partial charge on any atom is -0.103 e. The molecule has 0 nitrogen and oxygen atoms in total. The van der Waals surface area contributed by atoms with Gasteiger partial charge in [-0.15, -0.1) is 6.58 Å². The van der Waals surface area contributed by atoms with E-state index in [1.165, 1.54) is 5.57 Å². The van der Waals surface area contributed by atoms with E-state index in [2.05, 4.69) is 40.3 Å². The second-order valence-electron chi connectivity index (χ2n) is 2.85. The second kappa shape index (κ2) is 8.48. The lowest BCUT2D eigenvalue weighted by Gasteiger charge is -1.84. The summed E-state index contributed by atoms with van der Waals surface area (Å²) in [7, 11) is 0. The van der Waals surface area contributed by atoms with Crippen molar-refractivity contribution in [1.82, 2.24) is 0 Å². The van der Waals surface area contributed by atoms with Crippen LogP contribution in [-0.2, 0) is 0 Å². The Balaban J connectivity index is 0. The van der Waals surface area contributed by atoms with Crippen LogP contribution in [0.3, 0.4) is 0 Å². The van der Waals surface area contributed by atoms with Crippen LogP contribution >= 0.6 is 0 Å². The summed E-state index contributed by atoms with van der Waals surface area (Å²) in [6.45, 7) is 14.0. The Hall–Kier alpha value is -0.520. The zero-order valence-electron chi connectivity index (χ0n) is 7.94. The van der Waals surface area contributed by atoms with E-state index in [0.717, 1.165) is 0 Å². The molecule has 0 bridgehead atoms. The second-order valence-corrected chi connectivity index (χ2v) is 2.85. The van der Waals surface area contributed by atoms with Gasteiger partial charge in [0.2, 0.25) is 0 Å². The number of hydrogen-bond acceptors (Lipinski definition) is 0. The van der Waals surface area contributed by atoms with Gasteiger partial charge in [0.05, 0.1) is 0 Å². The molecule has 0 aromatic rings. The van der Waals surface area contributed by atoms with E-state index >= 15 is 0 Å². The van der Waals surface area contributed by atoms with Gasteiger partial charge in [-0.1, -0.05) is 31.6 Å². The maximum Gasteiger partial charge on any atom is -0.0293 e. The first-order chi connectivity index (χ1) is 4.54. The van der Waals surface area contributed by atoms with Crippen molar-refractivity contribution >= 4 is 0 Å². The molecule has 60 valence electrons. The number of hydrogen-bond donors (Lipinski definition) is 0. The van der Waals surface area contributed by atoms with E-state index in [-0.39, 0.29) is 0 Å². The number of rotatable bonds is 1. The van der Waals surface area contributed by atoms with Gasteiger partial charge in [-0.2, -0.15) is 0 Å². The third kappa shape index (κ3) is 25.9. The van der Waals surface area contributed by atoms with Crippen molar-refractivity contribution in [2.24, 2.45) is 5.92 Å². The predicted octanol–water partition coefficient (Wildman–Crippen LogP) is 3.80. The van der Waals surface area contributed by atoms with Gasteiger partial charge in [0.1, 0.15) is 0 Å². The monoisotopic (exact) mass is 140 g/mol. The van der Waals surface area contributed by atoms with Gasteiger partial charge < -0.3 is 0 Å². The fourth-order valence-electron chi connectivity index (χ4n) is 0. The van der Waals surface area contributed by atoms with E-state index in [0.29, 0.717) is 5.92 Å². The topological polar surface area (TPSA) is 0 Å². The van der Waals surface area contributed by atoms with Crippen molar-refractivity contribution in [3.63, 3.8) is 0 Å². The van der Waals surface area contributed by atoms with Crippen molar-refractivity contribution in [2.75, 3.05) is 0 Å². The lowest BCUT2D eigenvalue weighted by atomic mass is 10.2. The van der Waals surface area contributed by atoms with E-state index in [1.54, 1.807) is 0 Å². The summed E-state index contributed by atoms with van der Waals surface area (Å²) < 4.78 is 0. The Morgan fingerprint density at radius 2 is 1.50 bits per heavy atom. The van der Waals surface area contributed by atoms with Crippen LogP contribution in [0.5, 0.6) is 0 Å². The van der Waals surface area contributed by atoms with Gasteiger partial charge in [-0.3, -0.25) is 0 Å². The zero-order valence-corrected chi connectivity index (χ0v) is 7.94. The molecule has 0 N–H and O–H groups in total. The van der Waals surface area contributed by atoms with Crippen molar-refractivity contribution < 1.29 is 0 Å². The van der Waals surface area contributed by atoms with Crippen LogP contribution in [0.15, 0.2) is 24.3 Å². The van der Waals surface area contributed by atoms with Gasteiger partial charge in [0.15, 0.2) is 0 Å². The zero-order chi connectivity index (χ0) is 8.57. The van der Waals surface area contributed by atoms with Crippen molar-refractivity contribution in [1.29, 1.82) is 0 Å². The van der Waals surface area contributed by atoms with Crippen LogP contribution < -0.4 is 0 Å². The predicted molar refractivity (Wildman–Crippen MR) is 50.1 cm³/mol. The van der Waals surface area contributed by atoms with Crippen molar-refractivity contribution in [2.45, 2.75) is 34.6 Å². The average Bonchev–Trinajstić information content (AvgIpc) is 1.89. The Labute approximate surface area is 65.7 Å². The molecule has 0 heteroatoms. The van der Waals surface area contributed by atoms with E-state index in [4.69, 9.17) is 0 Å². The molecule has 0 aliphatic heterocycles. The summed E-state index contributed by atoms with van der Waals surface area (Å²) in [6, 6.07) is 0. The molecule has 0 fully saturated rings. The molecule has 0 radical (unpaired) electrons. The Bertz CT molecular complexity index is 92.6. The molecular formula is C10H20. The van der Waals surface area contributed by atoms with Crippen LogP contribution in [0.2, 0.25) is 0 Å². The third-order valence-corrected chi connectivity index (χ3v) is 1.05. The SMILES string of the molecule is C=CC(C)C.CC=C(C)C. The largest absolute Gasteiger partial charge is 0.103 e. The molecule has 0 unspecified atom stereocenters. The van der Waals surface area contributed by atoms with Crippen LogP contribution in [0, 0.1) is 5.92 Å². The molecule has 0 aliphatic carbocycles. The first-order valence-corrected chi connectivity index (χ1v) is 3.76. The van der Waals surface area contributed by atoms with E-state index < -0.39 is 0 Å². The van der Waals surface area contributed by atoms with Gasteiger partial charge in [0, 0.05) is 0 Å². The Morgan fingerprint density at radius 1 is 1.30 bits per heavy atom. The molecule has 0 saturated carbocycles. The molecule has 0 rings (SSSR count). The number of allylic oxidation sites excluding steroid dienone is 3. The maximum absolute atomic E-state index is 3.56. The molecule has 0 saturated heterocycles. The smallest absolute Gasteiger partial charge is 0.0293 e. The minimum absolute atomic E-state index is 0.648. The summed E-state index contributed by atoms with van der Waals surface area (Å²) in [5.41, 5.74) is 1.38. The van der Waals surface area contributed by atoms with Crippen LogP contribution in [0.1, 0.15) is 34.6 Å². The van der Waals surface area contributed by atoms with Crippen LogP contribution in [0.4, 0.5) is 0 Å². The summed E-state index contributed by atoms with van der Waals surface area (Å²) in [5, 5.41) is 0. The molecule has 0 aliphatic rings.